The summed E-state index contributed by atoms with van der Waals surface area (Å²) >= 11 is 0. The average Bonchev–Trinajstić information content (AvgIpc) is 2.82. The van der Waals surface area contributed by atoms with E-state index in [4.69, 9.17) is 0 Å². The fourth-order valence-electron chi connectivity index (χ4n) is 2.74. The molecule has 0 bridgehead atoms. The van der Waals surface area contributed by atoms with Gasteiger partial charge in [-0.2, -0.15) is 0 Å². The molecule has 0 spiro atoms. The van der Waals surface area contributed by atoms with Crippen molar-refractivity contribution in [3.05, 3.63) is 29.3 Å². The molecule has 0 saturated carbocycles. The van der Waals surface area contributed by atoms with E-state index in [1.165, 1.54) is 12.8 Å². The van der Waals surface area contributed by atoms with E-state index in [-0.39, 0.29) is 5.91 Å². The van der Waals surface area contributed by atoms with E-state index in [1.54, 1.807) is 0 Å². The van der Waals surface area contributed by atoms with Crippen LogP contribution in [-0.4, -0.2) is 43.5 Å². The number of aryl methyl sites for hydroxylation is 1. The van der Waals surface area contributed by atoms with Crippen LogP contribution in [0.4, 0.5) is 5.69 Å². The molecule has 2 N–H and O–H groups in total. The average molecular weight is 275 g/mol. The Kier molecular flexibility index (Phi) is 5.01. The largest absolute Gasteiger partial charge is 0.385 e. The predicted molar refractivity (Wildman–Crippen MR) is 83.3 cm³/mol. The molecule has 4 heteroatoms. The highest BCUT2D eigenvalue weighted by Gasteiger charge is 2.21. The van der Waals surface area contributed by atoms with Crippen LogP contribution in [0.25, 0.3) is 0 Å². The molecule has 1 aliphatic heterocycles. The Morgan fingerprint density at radius 2 is 2.25 bits per heavy atom. The molecule has 1 amide bonds. The quantitative estimate of drug-likeness (QED) is 0.866. The van der Waals surface area contributed by atoms with Gasteiger partial charge in [0.2, 0.25) is 0 Å². The van der Waals surface area contributed by atoms with Gasteiger partial charge >= 0.3 is 0 Å². The molecular weight excluding hydrogens is 250 g/mol. The summed E-state index contributed by atoms with van der Waals surface area (Å²) in [6.45, 7) is 6.76. The van der Waals surface area contributed by atoms with Crippen LogP contribution in [0.15, 0.2) is 18.2 Å². The van der Waals surface area contributed by atoms with Crippen molar-refractivity contribution in [2.75, 3.05) is 32.0 Å². The molecule has 1 aliphatic rings. The highest BCUT2D eigenvalue weighted by molar-refractivity contribution is 5.99. The molecule has 0 aliphatic carbocycles. The normalized spacial score (nSPS) is 19.1. The zero-order valence-electron chi connectivity index (χ0n) is 12.7. The molecule has 4 nitrogen and oxygen atoms in total. The van der Waals surface area contributed by atoms with Gasteiger partial charge in [0.15, 0.2) is 0 Å². The second-order valence-corrected chi connectivity index (χ2v) is 5.57. The maximum absolute atomic E-state index is 12.3. The van der Waals surface area contributed by atoms with Gasteiger partial charge in [-0.15, -0.1) is 0 Å². The number of carbonyl (C=O) groups is 1. The molecule has 1 heterocycles. The summed E-state index contributed by atoms with van der Waals surface area (Å²) in [6, 6.07) is 6.39. The van der Waals surface area contributed by atoms with Crippen LogP contribution >= 0.6 is 0 Å². The highest BCUT2D eigenvalue weighted by Crippen LogP contribution is 2.18. The topological polar surface area (TPSA) is 44.4 Å². The summed E-state index contributed by atoms with van der Waals surface area (Å²) in [4.78, 5) is 14.7. The second kappa shape index (κ2) is 6.75. The zero-order valence-corrected chi connectivity index (χ0v) is 12.7. The standard InChI is InChI=1S/C16H25N3O/c1-4-17-15-10-12(2)7-8-14(15)16(20)18-11-13-6-5-9-19(13)3/h7-8,10,13,17H,4-6,9,11H2,1-3H3,(H,18,20). The minimum atomic E-state index is 0.0150. The van der Waals surface area contributed by atoms with Gasteiger partial charge in [-0.25, -0.2) is 0 Å². The van der Waals surface area contributed by atoms with Crippen molar-refractivity contribution in [2.24, 2.45) is 0 Å². The van der Waals surface area contributed by atoms with Gasteiger partial charge in [0.25, 0.3) is 5.91 Å². The van der Waals surface area contributed by atoms with Gasteiger partial charge in [-0.1, -0.05) is 6.07 Å². The van der Waals surface area contributed by atoms with Crippen molar-refractivity contribution in [3.8, 4) is 0 Å². The molecule has 110 valence electrons. The van der Waals surface area contributed by atoms with E-state index in [1.807, 2.05) is 32.0 Å². The molecule has 20 heavy (non-hydrogen) atoms. The maximum Gasteiger partial charge on any atom is 0.253 e. The van der Waals surface area contributed by atoms with Crippen molar-refractivity contribution in [2.45, 2.75) is 32.7 Å². The molecule has 1 saturated heterocycles. The van der Waals surface area contributed by atoms with Crippen LogP contribution in [0.3, 0.4) is 0 Å². The minimum Gasteiger partial charge on any atom is -0.385 e. The lowest BCUT2D eigenvalue weighted by Gasteiger charge is -2.20. The van der Waals surface area contributed by atoms with E-state index in [9.17, 15) is 4.79 Å². The van der Waals surface area contributed by atoms with Crippen molar-refractivity contribution in [3.63, 3.8) is 0 Å². The van der Waals surface area contributed by atoms with Gasteiger partial charge in [0, 0.05) is 24.8 Å². The Labute approximate surface area is 121 Å². The Balaban J connectivity index is 2.01. The molecule has 0 aromatic heterocycles. The molecule has 0 radical (unpaired) electrons. The number of hydrogen-bond donors (Lipinski definition) is 2. The lowest BCUT2D eigenvalue weighted by molar-refractivity contribution is 0.0944. The SMILES string of the molecule is CCNc1cc(C)ccc1C(=O)NCC1CCCN1C. The van der Waals surface area contributed by atoms with Crippen LogP contribution < -0.4 is 10.6 Å². The Bertz CT molecular complexity index is 473. The first kappa shape index (κ1) is 14.9. The van der Waals surface area contributed by atoms with Gasteiger partial charge < -0.3 is 15.5 Å². The van der Waals surface area contributed by atoms with Crippen LogP contribution in [0, 0.1) is 6.92 Å². The lowest BCUT2D eigenvalue weighted by atomic mass is 10.1. The number of amides is 1. The molecule has 2 rings (SSSR count). The van der Waals surface area contributed by atoms with Crippen LogP contribution in [-0.2, 0) is 0 Å². The van der Waals surface area contributed by atoms with Gasteiger partial charge in [0.1, 0.15) is 0 Å². The first-order valence-corrected chi connectivity index (χ1v) is 7.44. The van der Waals surface area contributed by atoms with Gasteiger partial charge in [-0.05, 0) is 58.0 Å². The number of carbonyl (C=O) groups excluding carboxylic acids is 1. The zero-order chi connectivity index (χ0) is 14.5. The third-order valence-corrected chi connectivity index (χ3v) is 3.96. The van der Waals surface area contributed by atoms with Crippen LogP contribution in [0.2, 0.25) is 0 Å². The fourth-order valence-corrected chi connectivity index (χ4v) is 2.74. The van der Waals surface area contributed by atoms with E-state index in [2.05, 4.69) is 22.6 Å². The number of rotatable bonds is 5. The molecular formula is C16H25N3O. The second-order valence-electron chi connectivity index (χ2n) is 5.57. The summed E-state index contributed by atoms with van der Waals surface area (Å²) in [6.07, 6.45) is 2.40. The molecule has 1 unspecified atom stereocenters. The number of anilines is 1. The van der Waals surface area contributed by atoms with Gasteiger partial charge in [0.05, 0.1) is 5.56 Å². The lowest BCUT2D eigenvalue weighted by Crippen LogP contribution is -2.38. The van der Waals surface area contributed by atoms with E-state index < -0.39 is 0 Å². The number of likely N-dealkylation sites (N-methyl/N-ethyl adjacent to an activating group) is 1. The number of nitrogens with zero attached hydrogens (tertiary/aromatic N) is 1. The number of nitrogens with one attached hydrogen (secondary N) is 2. The fraction of sp³-hybridized carbons (Fsp3) is 0.562. The Morgan fingerprint density at radius 3 is 2.90 bits per heavy atom. The summed E-state index contributed by atoms with van der Waals surface area (Å²) < 4.78 is 0. The number of hydrogen-bond acceptors (Lipinski definition) is 3. The van der Waals surface area contributed by atoms with Crippen molar-refractivity contribution in [1.29, 1.82) is 0 Å². The van der Waals surface area contributed by atoms with E-state index in [0.717, 1.165) is 36.4 Å². The smallest absolute Gasteiger partial charge is 0.253 e. The van der Waals surface area contributed by atoms with Crippen LogP contribution in [0.5, 0.6) is 0 Å². The highest BCUT2D eigenvalue weighted by atomic mass is 16.1. The van der Waals surface area contributed by atoms with E-state index >= 15 is 0 Å². The first-order valence-electron chi connectivity index (χ1n) is 7.44. The van der Waals surface area contributed by atoms with Crippen molar-refractivity contribution in [1.82, 2.24) is 10.2 Å². The summed E-state index contributed by atoms with van der Waals surface area (Å²) in [5.41, 5.74) is 2.82. The maximum atomic E-state index is 12.3. The molecule has 1 atom stereocenters. The first-order chi connectivity index (χ1) is 9.61. The third kappa shape index (κ3) is 3.51. The summed E-state index contributed by atoms with van der Waals surface area (Å²) in [5.74, 6) is 0.0150. The van der Waals surface area contributed by atoms with Crippen molar-refractivity contribution >= 4 is 11.6 Å². The monoisotopic (exact) mass is 275 g/mol. The molecule has 1 aromatic carbocycles. The molecule has 1 fully saturated rings. The minimum absolute atomic E-state index is 0.0150. The summed E-state index contributed by atoms with van der Waals surface area (Å²) in [5, 5.41) is 6.33. The Hall–Kier alpha value is -1.55. The molecule has 1 aromatic rings. The number of benzene rings is 1. The van der Waals surface area contributed by atoms with Crippen molar-refractivity contribution < 1.29 is 4.79 Å². The predicted octanol–water partition coefficient (Wildman–Crippen LogP) is 2.25. The number of likely N-dealkylation sites (tertiary alicyclic amines) is 1. The summed E-state index contributed by atoms with van der Waals surface area (Å²) in [7, 11) is 2.12. The van der Waals surface area contributed by atoms with E-state index in [0.29, 0.717) is 6.04 Å². The Morgan fingerprint density at radius 1 is 1.45 bits per heavy atom. The third-order valence-electron chi connectivity index (χ3n) is 3.96. The van der Waals surface area contributed by atoms with Crippen LogP contribution in [0.1, 0.15) is 35.7 Å². The van der Waals surface area contributed by atoms with Gasteiger partial charge in [-0.3, -0.25) is 4.79 Å².